The van der Waals surface area contributed by atoms with Gasteiger partial charge in [-0.15, -0.1) is 0 Å². The molecule has 2 atom stereocenters. The Morgan fingerprint density at radius 1 is 1.10 bits per heavy atom. The number of hydrogen-bond acceptors (Lipinski definition) is 9. The van der Waals surface area contributed by atoms with E-state index in [9.17, 15) is 14.7 Å². The number of nitrogens with zero attached hydrogens (tertiary/aromatic N) is 4. The van der Waals surface area contributed by atoms with Gasteiger partial charge in [0.25, 0.3) is 5.56 Å². The Labute approximate surface area is 227 Å². The van der Waals surface area contributed by atoms with Crippen LogP contribution < -0.4 is 15.0 Å². The minimum Gasteiger partial charge on any atom is -0.458 e. The van der Waals surface area contributed by atoms with Gasteiger partial charge in [-0.05, 0) is 37.8 Å². The van der Waals surface area contributed by atoms with Crippen LogP contribution in [0.15, 0.2) is 35.4 Å². The number of benzene rings is 1. The Balaban J connectivity index is 1.37. The van der Waals surface area contributed by atoms with Gasteiger partial charge in [-0.25, -0.2) is 14.5 Å². The monoisotopic (exact) mass is 542 g/mol. The van der Waals surface area contributed by atoms with Crippen LogP contribution in [0, 0.1) is 0 Å². The highest BCUT2D eigenvalue weighted by Crippen LogP contribution is 2.46. The number of pyridine rings is 2. The van der Waals surface area contributed by atoms with E-state index in [1.807, 2.05) is 29.2 Å². The molecule has 1 saturated heterocycles. The van der Waals surface area contributed by atoms with Gasteiger partial charge in [0.2, 0.25) is 6.79 Å². The molecule has 0 spiro atoms. The number of esters is 1. The Hall–Kier alpha value is -4.22. The van der Waals surface area contributed by atoms with Crippen molar-refractivity contribution in [1.82, 2.24) is 19.3 Å². The summed E-state index contributed by atoms with van der Waals surface area (Å²) in [5.74, 6) is 0.480. The normalized spacial score (nSPS) is 22.6. The molecule has 8 rings (SSSR count). The van der Waals surface area contributed by atoms with Crippen LogP contribution in [-0.4, -0.2) is 43.8 Å². The summed E-state index contributed by atoms with van der Waals surface area (Å²) < 4.78 is 26.0. The lowest BCUT2D eigenvalue weighted by Crippen LogP contribution is -2.44. The van der Waals surface area contributed by atoms with Gasteiger partial charge in [0.05, 0.1) is 35.2 Å². The fourth-order valence-corrected chi connectivity index (χ4v) is 6.36. The number of ether oxygens (including phenoxy) is 4. The first-order valence-corrected chi connectivity index (χ1v) is 13.6. The smallest absolute Gasteiger partial charge is 0.343 e. The third kappa shape index (κ3) is 3.18. The molecule has 11 nitrogen and oxygen atoms in total. The summed E-state index contributed by atoms with van der Waals surface area (Å²) in [4.78, 5) is 31.3. The molecule has 0 saturated carbocycles. The SMILES string of the molecule is CC[C@@]1(O)C(=O)OCc2c1cc1n(c2=O)Cc2c-1nc1cc3c(cc1c2-c1cnn(C2CCCCO2)c1)OCO3. The number of carbonyl (C=O) groups is 1. The van der Waals surface area contributed by atoms with E-state index in [0.717, 1.165) is 41.3 Å². The molecule has 11 heteroatoms. The number of fused-ring (bicyclic) bond motifs is 6. The second-order valence-electron chi connectivity index (χ2n) is 10.7. The van der Waals surface area contributed by atoms with Gasteiger partial charge in [-0.2, -0.15) is 5.10 Å². The predicted octanol–water partition coefficient (Wildman–Crippen LogP) is 3.37. The van der Waals surface area contributed by atoms with Crippen molar-refractivity contribution in [3.63, 3.8) is 0 Å². The van der Waals surface area contributed by atoms with Crippen molar-refractivity contribution in [2.75, 3.05) is 13.4 Å². The van der Waals surface area contributed by atoms with E-state index >= 15 is 0 Å². The van der Waals surface area contributed by atoms with E-state index in [0.29, 0.717) is 35.0 Å². The molecule has 1 unspecified atom stereocenters. The molecule has 0 amide bonds. The van der Waals surface area contributed by atoms with Gasteiger partial charge in [0.1, 0.15) is 12.8 Å². The van der Waals surface area contributed by atoms with Crippen molar-refractivity contribution in [3.8, 4) is 34.0 Å². The number of aliphatic hydroxyl groups is 1. The lowest BCUT2D eigenvalue weighted by atomic mass is 9.86. The Morgan fingerprint density at radius 2 is 1.95 bits per heavy atom. The zero-order valence-corrected chi connectivity index (χ0v) is 21.8. The number of rotatable bonds is 3. The van der Waals surface area contributed by atoms with Crippen LogP contribution in [0.3, 0.4) is 0 Å². The van der Waals surface area contributed by atoms with Gasteiger partial charge in [0, 0.05) is 46.5 Å². The Kier molecular flexibility index (Phi) is 4.96. The van der Waals surface area contributed by atoms with Crippen LogP contribution in [0.2, 0.25) is 0 Å². The lowest BCUT2D eigenvalue weighted by molar-refractivity contribution is -0.172. The summed E-state index contributed by atoms with van der Waals surface area (Å²) in [6.45, 7) is 2.62. The molecule has 4 aliphatic heterocycles. The summed E-state index contributed by atoms with van der Waals surface area (Å²) in [5.41, 5.74) is 2.81. The van der Waals surface area contributed by atoms with Gasteiger partial charge >= 0.3 is 5.97 Å². The van der Waals surface area contributed by atoms with Crippen molar-refractivity contribution < 1.29 is 28.8 Å². The first kappa shape index (κ1) is 23.6. The van der Waals surface area contributed by atoms with Crippen molar-refractivity contribution in [3.05, 3.63) is 57.6 Å². The van der Waals surface area contributed by atoms with E-state index in [4.69, 9.17) is 23.9 Å². The van der Waals surface area contributed by atoms with E-state index in [1.54, 1.807) is 17.6 Å². The summed E-state index contributed by atoms with van der Waals surface area (Å²) >= 11 is 0. The van der Waals surface area contributed by atoms with Crippen molar-refractivity contribution in [1.29, 1.82) is 0 Å². The van der Waals surface area contributed by atoms with E-state index in [1.165, 1.54) is 0 Å². The molecule has 3 aromatic heterocycles. The minimum atomic E-state index is -1.89. The van der Waals surface area contributed by atoms with E-state index in [2.05, 4.69) is 5.10 Å². The van der Waals surface area contributed by atoms with Gasteiger partial charge in [-0.1, -0.05) is 6.92 Å². The van der Waals surface area contributed by atoms with Crippen LogP contribution in [0.5, 0.6) is 11.5 Å². The molecule has 1 aromatic carbocycles. The van der Waals surface area contributed by atoms with Crippen molar-refractivity contribution >= 4 is 16.9 Å². The maximum absolute atomic E-state index is 13.8. The van der Waals surface area contributed by atoms with E-state index < -0.39 is 11.6 Å². The number of carbonyl (C=O) groups excluding carboxylic acids is 1. The molecular weight excluding hydrogens is 516 g/mol. The molecule has 0 bridgehead atoms. The Morgan fingerprint density at radius 3 is 2.75 bits per heavy atom. The first-order chi connectivity index (χ1) is 19.5. The predicted molar refractivity (Wildman–Crippen MR) is 141 cm³/mol. The quantitative estimate of drug-likeness (QED) is 0.341. The van der Waals surface area contributed by atoms with Crippen LogP contribution in [0.4, 0.5) is 0 Å². The number of aromatic nitrogens is 4. The average molecular weight is 543 g/mol. The summed E-state index contributed by atoms with van der Waals surface area (Å²) in [7, 11) is 0. The van der Waals surface area contributed by atoms with Crippen LogP contribution >= 0.6 is 0 Å². The highest BCUT2D eigenvalue weighted by molar-refractivity contribution is 6.01. The fourth-order valence-electron chi connectivity index (χ4n) is 6.36. The molecule has 1 fully saturated rings. The third-order valence-corrected chi connectivity index (χ3v) is 8.52. The summed E-state index contributed by atoms with van der Waals surface area (Å²) in [5, 5.41) is 16.7. The van der Waals surface area contributed by atoms with Crippen LogP contribution in [0.1, 0.15) is 55.5 Å². The van der Waals surface area contributed by atoms with Gasteiger partial charge < -0.3 is 28.6 Å². The standard InChI is InChI=1S/C29H26N4O7/c1-2-29(36)19-8-21-26-17(12-32(21)27(34)18(19)13-38-28(29)35)25(15-10-30-33(11-15)24-5-3-4-6-37-24)16-7-22-23(40-14-39-22)9-20(16)31-26/h7-11,24,36H,2-6,12-14H2,1H3/t24?,29-/m0/s1. The molecule has 1 N–H and O–H groups in total. The summed E-state index contributed by atoms with van der Waals surface area (Å²) in [6.07, 6.45) is 6.77. The number of cyclic esters (lactones) is 1. The second kappa shape index (κ2) is 8.39. The molecular formula is C29H26N4O7. The minimum absolute atomic E-state index is 0.0802. The third-order valence-electron chi connectivity index (χ3n) is 8.52. The second-order valence-corrected chi connectivity index (χ2v) is 10.7. The zero-order chi connectivity index (χ0) is 27.2. The lowest BCUT2D eigenvalue weighted by Gasteiger charge is -2.31. The largest absolute Gasteiger partial charge is 0.458 e. The van der Waals surface area contributed by atoms with Crippen LogP contribution in [-0.2, 0) is 33.0 Å². The molecule has 7 heterocycles. The van der Waals surface area contributed by atoms with Crippen molar-refractivity contribution in [2.45, 2.75) is 57.6 Å². The molecule has 0 radical (unpaired) electrons. The van der Waals surface area contributed by atoms with Crippen molar-refractivity contribution in [2.24, 2.45) is 0 Å². The maximum atomic E-state index is 13.8. The van der Waals surface area contributed by atoms with Crippen LogP contribution in [0.25, 0.3) is 33.4 Å². The van der Waals surface area contributed by atoms with Gasteiger partial charge in [-0.3, -0.25) is 4.79 Å². The fraction of sp³-hybridized carbons (Fsp3) is 0.379. The first-order valence-electron chi connectivity index (χ1n) is 13.6. The molecule has 40 heavy (non-hydrogen) atoms. The summed E-state index contributed by atoms with van der Waals surface area (Å²) in [6, 6.07) is 5.49. The molecule has 4 aromatic rings. The zero-order valence-electron chi connectivity index (χ0n) is 21.8. The number of hydrogen-bond donors (Lipinski definition) is 1. The van der Waals surface area contributed by atoms with Gasteiger partial charge in [0.15, 0.2) is 17.1 Å². The molecule has 0 aliphatic carbocycles. The highest BCUT2D eigenvalue weighted by Gasteiger charge is 2.45. The maximum Gasteiger partial charge on any atom is 0.343 e. The Bertz CT molecular complexity index is 1800. The highest BCUT2D eigenvalue weighted by atomic mass is 16.7. The topological polar surface area (TPSA) is 127 Å². The molecule has 4 aliphatic rings. The average Bonchev–Trinajstić information content (AvgIpc) is 3.72. The van der Waals surface area contributed by atoms with E-state index in [-0.39, 0.29) is 49.3 Å². The molecule has 204 valence electrons.